The number of hydrogen-bond donors (Lipinski definition) is 1. The van der Waals surface area contributed by atoms with Gasteiger partial charge >= 0.3 is 5.97 Å². The molecule has 0 aromatic heterocycles. The standard InChI is InChI=1S/C16H15BrClNO2/c1-19(9-11-2-6-14(17)7-3-11)10-13-5-4-12(16(20)21)8-15(13)18/h2-8H,9-10H2,1H3,(H,20,21). The lowest BCUT2D eigenvalue weighted by atomic mass is 10.1. The molecule has 2 aromatic rings. The van der Waals surface area contributed by atoms with Crippen LogP contribution in [0.2, 0.25) is 5.02 Å². The fourth-order valence-corrected chi connectivity index (χ4v) is 2.56. The van der Waals surface area contributed by atoms with Gasteiger partial charge in [0.15, 0.2) is 0 Å². The van der Waals surface area contributed by atoms with Crippen LogP contribution in [0.1, 0.15) is 21.5 Å². The summed E-state index contributed by atoms with van der Waals surface area (Å²) in [6.07, 6.45) is 0. The quantitative estimate of drug-likeness (QED) is 0.848. The number of carboxylic acids is 1. The number of rotatable bonds is 5. The minimum absolute atomic E-state index is 0.208. The van der Waals surface area contributed by atoms with Gasteiger partial charge in [-0.2, -0.15) is 0 Å². The van der Waals surface area contributed by atoms with E-state index < -0.39 is 5.97 Å². The van der Waals surface area contributed by atoms with Gasteiger partial charge in [-0.3, -0.25) is 4.90 Å². The molecule has 1 N–H and O–H groups in total. The second-order valence-electron chi connectivity index (χ2n) is 4.91. The van der Waals surface area contributed by atoms with Crippen LogP contribution in [-0.2, 0) is 13.1 Å². The van der Waals surface area contributed by atoms with Crippen molar-refractivity contribution in [1.29, 1.82) is 0 Å². The summed E-state index contributed by atoms with van der Waals surface area (Å²) in [6.45, 7) is 1.46. The molecule has 2 rings (SSSR count). The summed E-state index contributed by atoms with van der Waals surface area (Å²) >= 11 is 9.56. The van der Waals surface area contributed by atoms with Crippen molar-refractivity contribution in [3.63, 3.8) is 0 Å². The van der Waals surface area contributed by atoms with Gasteiger partial charge in [-0.25, -0.2) is 4.79 Å². The van der Waals surface area contributed by atoms with E-state index >= 15 is 0 Å². The third-order valence-electron chi connectivity index (χ3n) is 3.11. The summed E-state index contributed by atoms with van der Waals surface area (Å²) in [6, 6.07) is 13.0. The molecular weight excluding hydrogens is 354 g/mol. The molecule has 0 aliphatic heterocycles. The lowest BCUT2D eigenvalue weighted by Gasteiger charge is -2.18. The van der Waals surface area contributed by atoms with Crippen molar-refractivity contribution >= 4 is 33.5 Å². The molecule has 0 atom stereocenters. The second-order valence-corrected chi connectivity index (χ2v) is 6.23. The van der Waals surface area contributed by atoms with Gasteiger partial charge in [0.2, 0.25) is 0 Å². The van der Waals surface area contributed by atoms with E-state index in [2.05, 4.69) is 33.0 Å². The van der Waals surface area contributed by atoms with Gasteiger partial charge in [0, 0.05) is 22.6 Å². The number of carboxylic acid groups (broad SMARTS) is 1. The monoisotopic (exact) mass is 367 g/mol. The Balaban J connectivity index is 2.04. The molecule has 0 amide bonds. The molecule has 0 radical (unpaired) electrons. The first-order chi connectivity index (χ1) is 9.95. The summed E-state index contributed by atoms with van der Waals surface area (Å²) in [7, 11) is 2.00. The second kappa shape index (κ2) is 7.07. The molecule has 5 heteroatoms. The summed E-state index contributed by atoms with van der Waals surface area (Å²) < 4.78 is 1.06. The van der Waals surface area contributed by atoms with Crippen molar-refractivity contribution < 1.29 is 9.90 Å². The molecule has 0 spiro atoms. The summed E-state index contributed by atoms with van der Waals surface area (Å²) in [5, 5.41) is 9.41. The molecular formula is C16H15BrClNO2. The first kappa shape index (κ1) is 16.0. The molecule has 3 nitrogen and oxygen atoms in total. The third kappa shape index (κ3) is 4.56. The lowest BCUT2D eigenvalue weighted by Crippen LogP contribution is -2.17. The zero-order chi connectivity index (χ0) is 15.4. The molecule has 0 heterocycles. The van der Waals surface area contributed by atoms with Crippen LogP contribution in [0.15, 0.2) is 46.9 Å². The van der Waals surface area contributed by atoms with Gasteiger partial charge < -0.3 is 5.11 Å². The third-order valence-corrected chi connectivity index (χ3v) is 3.99. The van der Waals surface area contributed by atoms with Crippen LogP contribution in [0.4, 0.5) is 0 Å². The van der Waals surface area contributed by atoms with E-state index in [9.17, 15) is 4.79 Å². The summed E-state index contributed by atoms with van der Waals surface area (Å²) in [4.78, 5) is 13.0. The maximum absolute atomic E-state index is 10.9. The van der Waals surface area contributed by atoms with Crippen molar-refractivity contribution in [2.45, 2.75) is 13.1 Å². The predicted octanol–water partition coefficient (Wildman–Crippen LogP) is 4.43. The van der Waals surface area contributed by atoms with Gasteiger partial charge in [0.25, 0.3) is 0 Å². The molecule has 110 valence electrons. The average Bonchev–Trinajstić information content (AvgIpc) is 2.43. The number of hydrogen-bond acceptors (Lipinski definition) is 2. The van der Waals surface area contributed by atoms with E-state index in [0.717, 1.165) is 16.6 Å². The van der Waals surface area contributed by atoms with Crippen molar-refractivity contribution in [2.75, 3.05) is 7.05 Å². The van der Waals surface area contributed by atoms with Crippen molar-refractivity contribution in [1.82, 2.24) is 4.90 Å². The number of nitrogens with zero attached hydrogens (tertiary/aromatic N) is 1. The largest absolute Gasteiger partial charge is 0.478 e. The van der Waals surface area contributed by atoms with E-state index in [1.54, 1.807) is 12.1 Å². The Morgan fingerprint density at radius 2 is 1.86 bits per heavy atom. The molecule has 0 aliphatic rings. The number of halogens is 2. The molecule has 0 unspecified atom stereocenters. The highest BCUT2D eigenvalue weighted by Crippen LogP contribution is 2.20. The topological polar surface area (TPSA) is 40.5 Å². The molecule has 0 bridgehead atoms. The molecule has 0 aliphatic carbocycles. The van der Waals surface area contributed by atoms with Gasteiger partial charge in [-0.05, 0) is 42.4 Å². The van der Waals surface area contributed by atoms with Crippen LogP contribution >= 0.6 is 27.5 Å². The van der Waals surface area contributed by atoms with Crippen LogP contribution < -0.4 is 0 Å². The Morgan fingerprint density at radius 3 is 2.43 bits per heavy atom. The van der Waals surface area contributed by atoms with Crippen LogP contribution in [0.25, 0.3) is 0 Å². The average molecular weight is 369 g/mol. The van der Waals surface area contributed by atoms with Gasteiger partial charge in [-0.15, -0.1) is 0 Å². The Kier molecular flexibility index (Phi) is 5.39. The molecule has 0 saturated heterocycles. The highest BCUT2D eigenvalue weighted by Gasteiger charge is 2.09. The first-order valence-corrected chi connectivity index (χ1v) is 7.57. The van der Waals surface area contributed by atoms with Crippen molar-refractivity contribution in [2.24, 2.45) is 0 Å². The highest BCUT2D eigenvalue weighted by atomic mass is 79.9. The minimum atomic E-state index is -0.966. The van der Waals surface area contributed by atoms with Crippen LogP contribution in [0, 0.1) is 0 Å². The zero-order valence-corrected chi connectivity index (χ0v) is 13.9. The summed E-state index contributed by atoms with van der Waals surface area (Å²) in [5.41, 5.74) is 2.33. The van der Waals surface area contributed by atoms with E-state index in [4.69, 9.17) is 16.7 Å². The van der Waals surface area contributed by atoms with E-state index in [1.165, 1.54) is 11.6 Å². The minimum Gasteiger partial charge on any atom is -0.478 e. The van der Waals surface area contributed by atoms with Gasteiger partial charge in [0.05, 0.1) is 5.56 Å². The normalized spacial score (nSPS) is 10.9. The first-order valence-electron chi connectivity index (χ1n) is 6.40. The van der Waals surface area contributed by atoms with Crippen LogP contribution in [-0.4, -0.2) is 23.0 Å². The smallest absolute Gasteiger partial charge is 0.335 e. The maximum Gasteiger partial charge on any atom is 0.335 e. The molecule has 0 fully saturated rings. The lowest BCUT2D eigenvalue weighted by molar-refractivity contribution is 0.0697. The van der Waals surface area contributed by atoms with E-state index in [1.807, 2.05) is 19.2 Å². The Morgan fingerprint density at radius 1 is 1.19 bits per heavy atom. The highest BCUT2D eigenvalue weighted by molar-refractivity contribution is 9.10. The van der Waals surface area contributed by atoms with Gasteiger partial charge in [0.1, 0.15) is 0 Å². The Hall–Kier alpha value is -1.36. The van der Waals surface area contributed by atoms with Crippen molar-refractivity contribution in [3.05, 3.63) is 68.7 Å². The number of carbonyl (C=O) groups is 1. The van der Waals surface area contributed by atoms with Crippen LogP contribution in [0.3, 0.4) is 0 Å². The van der Waals surface area contributed by atoms with E-state index in [0.29, 0.717) is 11.6 Å². The Labute approximate surface area is 137 Å². The summed E-state index contributed by atoms with van der Waals surface area (Å²) in [5.74, 6) is -0.966. The van der Waals surface area contributed by atoms with Crippen molar-refractivity contribution in [3.8, 4) is 0 Å². The molecule has 0 saturated carbocycles. The Bertz CT molecular complexity index is 643. The zero-order valence-electron chi connectivity index (χ0n) is 11.5. The molecule has 2 aromatic carbocycles. The predicted molar refractivity (Wildman–Crippen MR) is 87.7 cm³/mol. The van der Waals surface area contributed by atoms with Crippen LogP contribution in [0.5, 0.6) is 0 Å². The van der Waals surface area contributed by atoms with Gasteiger partial charge in [-0.1, -0.05) is 45.7 Å². The maximum atomic E-state index is 10.9. The number of benzene rings is 2. The SMILES string of the molecule is CN(Cc1ccc(Br)cc1)Cc1ccc(C(=O)O)cc1Cl. The fourth-order valence-electron chi connectivity index (χ4n) is 2.06. The molecule has 21 heavy (non-hydrogen) atoms. The fraction of sp³-hybridized carbons (Fsp3) is 0.188. The van der Waals surface area contributed by atoms with E-state index in [-0.39, 0.29) is 5.56 Å². The number of aromatic carboxylic acids is 1.